The second kappa shape index (κ2) is 7.25. The van der Waals surface area contributed by atoms with Gasteiger partial charge >= 0.3 is 5.97 Å². The molecule has 0 bridgehead atoms. The molecule has 0 radical (unpaired) electrons. The first-order valence-electron chi connectivity index (χ1n) is 8.23. The number of hydrogen-bond acceptors (Lipinski definition) is 3. The quantitative estimate of drug-likeness (QED) is 0.779. The maximum absolute atomic E-state index is 12.3. The molecule has 1 saturated carbocycles. The standard InChI is InChI=1S/C16H28N2O3/c1-18-10-6-13(7-11-18)17-14(19)12-16(15(20)21)8-4-2-3-5-9-16/h13H,2-12H2,1H3,(H,17,19)(H,20,21). The molecule has 2 aliphatic rings. The lowest BCUT2D eigenvalue weighted by Gasteiger charge is -2.31. The van der Waals surface area contributed by atoms with Crippen molar-refractivity contribution in [2.75, 3.05) is 20.1 Å². The van der Waals surface area contributed by atoms with E-state index in [1.165, 1.54) is 0 Å². The van der Waals surface area contributed by atoms with Crippen LogP contribution >= 0.6 is 0 Å². The molecule has 0 atom stereocenters. The van der Waals surface area contributed by atoms with Crippen molar-refractivity contribution in [3.63, 3.8) is 0 Å². The van der Waals surface area contributed by atoms with E-state index in [0.29, 0.717) is 12.8 Å². The van der Waals surface area contributed by atoms with Crippen LogP contribution in [0, 0.1) is 5.41 Å². The van der Waals surface area contributed by atoms with E-state index in [2.05, 4.69) is 17.3 Å². The van der Waals surface area contributed by atoms with Gasteiger partial charge in [0.2, 0.25) is 5.91 Å². The molecule has 1 amide bonds. The van der Waals surface area contributed by atoms with Gasteiger partial charge < -0.3 is 15.3 Å². The Kier molecular flexibility index (Phi) is 5.62. The Morgan fingerprint density at radius 3 is 2.24 bits per heavy atom. The largest absolute Gasteiger partial charge is 0.481 e. The van der Waals surface area contributed by atoms with E-state index in [4.69, 9.17) is 0 Å². The summed E-state index contributed by atoms with van der Waals surface area (Å²) < 4.78 is 0. The van der Waals surface area contributed by atoms with Crippen molar-refractivity contribution in [3.05, 3.63) is 0 Å². The van der Waals surface area contributed by atoms with E-state index in [9.17, 15) is 14.7 Å². The number of aliphatic carboxylic acids is 1. The fraction of sp³-hybridized carbons (Fsp3) is 0.875. The maximum atomic E-state index is 12.3. The summed E-state index contributed by atoms with van der Waals surface area (Å²) in [7, 11) is 2.09. The molecule has 2 rings (SSSR count). The Labute approximate surface area is 127 Å². The average molecular weight is 296 g/mol. The van der Waals surface area contributed by atoms with Crippen LogP contribution < -0.4 is 5.32 Å². The van der Waals surface area contributed by atoms with Crippen LogP contribution in [0.5, 0.6) is 0 Å². The Bertz CT molecular complexity index is 368. The summed E-state index contributed by atoms with van der Waals surface area (Å²) in [5, 5.41) is 12.7. The summed E-state index contributed by atoms with van der Waals surface area (Å²) in [6.07, 6.45) is 7.38. The lowest BCUT2D eigenvalue weighted by atomic mass is 9.77. The molecule has 1 heterocycles. The van der Waals surface area contributed by atoms with Crippen LogP contribution in [-0.4, -0.2) is 48.1 Å². The summed E-state index contributed by atoms with van der Waals surface area (Å²) in [5.41, 5.74) is -0.827. The SMILES string of the molecule is CN1CCC(NC(=O)CC2(C(=O)O)CCCCCC2)CC1. The minimum Gasteiger partial charge on any atom is -0.481 e. The van der Waals surface area contributed by atoms with Gasteiger partial charge in [-0.15, -0.1) is 0 Å². The molecule has 0 aromatic heterocycles. The number of carbonyl (C=O) groups is 2. The van der Waals surface area contributed by atoms with Crippen LogP contribution in [0.25, 0.3) is 0 Å². The van der Waals surface area contributed by atoms with Gasteiger partial charge in [0, 0.05) is 12.5 Å². The zero-order valence-corrected chi connectivity index (χ0v) is 13.1. The summed E-state index contributed by atoms with van der Waals surface area (Å²) in [6, 6.07) is 0.213. The lowest BCUT2D eigenvalue weighted by Crippen LogP contribution is -2.45. The van der Waals surface area contributed by atoms with E-state index in [1.807, 2.05) is 0 Å². The number of rotatable bonds is 4. The molecule has 5 heteroatoms. The maximum Gasteiger partial charge on any atom is 0.310 e. The Morgan fingerprint density at radius 2 is 1.71 bits per heavy atom. The second-order valence-corrected chi connectivity index (χ2v) is 6.82. The van der Waals surface area contributed by atoms with Crippen molar-refractivity contribution < 1.29 is 14.7 Å². The number of nitrogens with zero attached hydrogens (tertiary/aromatic N) is 1. The van der Waals surface area contributed by atoms with Crippen LogP contribution in [0.4, 0.5) is 0 Å². The first-order chi connectivity index (χ1) is 10.0. The molecule has 0 unspecified atom stereocenters. The third-order valence-corrected chi connectivity index (χ3v) is 5.10. The molecule has 2 N–H and O–H groups in total. The van der Waals surface area contributed by atoms with Gasteiger partial charge in [-0.05, 0) is 45.8 Å². The average Bonchev–Trinajstić information content (AvgIpc) is 2.68. The molecule has 1 aliphatic carbocycles. The van der Waals surface area contributed by atoms with Gasteiger partial charge in [0.25, 0.3) is 0 Å². The molecule has 0 aromatic carbocycles. The number of amides is 1. The third kappa shape index (κ3) is 4.43. The van der Waals surface area contributed by atoms with Crippen LogP contribution in [0.15, 0.2) is 0 Å². The highest BCUT2D eigenvalue weighted by molar-refractivity contribution is 5.85. The van der Waals surface area contributed by atoms with Gasteiger partial charge in [-0.2, -0.15) is 0 Å². The molecule has 1 saturated heterocycles. The topological polar surface area (TPSA) is 69.6 Å². The van der Waals surface area contributed by atoms with Crippen LogP contribution in [0.1, 0.15) is 57.8 Å². The van der Waals surface area contributed by atoms with E-state index in [0.717, 1.165) is 51.6 Å². The summed E-state index contributed by atoms with van der Waals surface area (Å²) in [6.45, 7) is 1.99. The second-order valence-electron chi connectivity index (χ2n) is 6.82. The number of nitrogens with one attached hydrogen (secondary N) is 1. The molecule has 5 nitrogen and oxygen atoms in total. The van der Waals surface area contributed by atoms with E-state index in [-0.39, 0.29) is 18.4 Å². The van der Waals surface area contributed by atoms with Gasteiger partial charge in [0.1, 0.15) is 0 Å². The fourth-order valence-corrected chi connectivity index (χ4v) is 3.61. The highest BCUT2D eigenvalue weighted by atomic mass is 16.4. The van der Waals surface area contributed by atoms with Gasteiger partial charge in [0.15, 0.2) is 0 Å². The van der Waals surface area contributed by atoms with Gasteiger partial charge in [0.05, 0.1) is 5.41 Å². The number of carboxylic acid groups (broad SMARTS) is 1. The summed E-state index contributed by atoms with van der Waals surface area (Å²) >= 11 is 0. The molecule has 1 aliphatic heterocycles. The predicted octanol–water partition coefficient (Wildman–Crippen LogP) is 2.01. The van der Waals surface area contributed by atoms with Crippen molar-refractivity contribution in [2.24, 2.45) is 5.41 Å². The molecule has 120 valence electrons. The van der Waals surface area contributed by atoms with E-state index < -0.39 is 11.4 Å². The molecule has 0 spiro atoms. The highest BCUT2D eigenvalue weighted by Crippen LogP contribution is 2.38. The zero-order chi connectivity index (χ0) is 15.3. The first-order valence-corrected chi connectivity index (χ1v) is 8.23. The zero-order valence-electron chi connectivity index (χ0n) is 13.1. The van der Waals surface area contributed by atoms with Crippen molar-refractivity contribution in [3.8, 4) is 0 Å². The van der Waals surface area contributed by atoms with Crippen molar-refractivity contribution in [1.82, 2.24) is 10.2 Å². The molecule has 0 aromatic rings. The van der Waals surface area contributed by atoms with Crippen LogP contribution in [0.2, 0.25) is 0 Å². The minimum absolute atomic E-state index is 0.0751. The fourth-order valence-electron chi connectivity index (χ4n) is 3.61. The molecule has 2 fully saturated rings. The Morgan fingerprint density at radius 1 is 1.14 bits per heavy atom. The number of likely N-dealkylation sites (tertiary alicyclic amines) is 1. The number of carbonyl (C=O) groups excluding carboxylic acids is 1. The highest BCUT2D eigenvalue weighted by Gasteiger charge is 2.40. The van der Waals surface area contributed by atoms with E-state index >= 15 is 0 Å². The van der Waals surface area contributed by atoms with Crippen LogP contribution in [0.3, 0.4) is 0 Å². The monoisotopic (exact) mass is 296 g/mol. The summed E-state index contributed by atoms with van der Waals surface area (Å²) in [5.74, 6) is -0.864. The van der Waals surface area contributed by atoms with Gasteiger partial charge in [-0.25, -0.2) is 0 Å². The number of carboxylic acids is 1. The van der Waals surface area contributed by atoms with E-state index in [1.54, 1.807) is 0 Å². The minimum atomic E-state index is -0.827. The van der Waals surface area contributed by atoms with Crippen LogP contribution in [-0.2, 0) is 9.59 Å². The van der Waals surface area contributed by atoms with Crippen molar-refractivity contribution >= 4 is 11.9 Å². The van der Waals surface area contributed by atoms with Gasteiger partial charge in [-0.3, -0.25) is 9.59 Å². The smallest absolute Gasteiger partial charge is 0.310 e. The Hall–Kier alpha value is -1.10. The Balaban J connectivity index is 1.90. The molecule has 21 heavy (non-hydrogen) atoms. The van der Waals surface area contributed by atoms with Crippen molar-refractivity contribution in [1.29, 1.82) is 0 Å². The third-order valence-electron chi connectivity index (χ3n) is 5.10. The molecular weight excluding hydrogens is 268 g/mol. The predicted molar refractivity (Wildman–Crippen MR) is 81.0 cm³/mol. The number of hydrogen-bond donors (Lipinski definition) is 2. The first kappa shape index (κ1) is 16.3. The number of piperidine rings is 1. The van der Waals surface area contributed by atoms with Gasteiger partial charge in [-0.1, -0.05) is 25.7 Å². The normalized spacial score (nSPS) is 24.2. The van der Waals surface area contributed by atoms with Crippen molar-refractivity contribution in [2.45, 2.75) is 63.8 Å². The lowest BCUT2D eigenvalue weighted by molar-refractivity contribution is -0.153. The molecular formula is C16H28N2O3. The summed E-state index contributed by atoms with van der Waals surface area (Å²) in [4.78, 5) is 26.3.